The fraction of sp³-hybridized carbons (Fsp3) is 0.286. The number of likely N-dealkylation sites (tertiary alicyclic amines) is 1. The second kappa shape index (κ2) is 8.02. The molecule has 1 aromatic carbocycles. The molecule has 1 N–H and O–H groups in total. The molecule has 3 aromatic rings. The van der Waals surface area contributed by atoms with Crippen LogP contribution in [0, 0.1) is 18.7 Å². The summed E-state index contributed by atoms with van der Waals surface area (Å²) >= 11 is 0. The summed E-state index contributed by atoms with van der Waals surface area (Å²) in [5, 5.41) is 7.24. The molecule has 2 aromatic heterocycles. The number of nitrogens with zero attached hydrogens (tertiary/aromatic N) is 5. The zero-order valence-corrected chi connectivity index (χ0v) is 16.6. The van der Waals surface area contributed by atoms with Crippen molar-refractivity contribution in [3.8, 4) is 5.69 Å². The van der Waals surface area contributed by atoms with Gasteiger partial charge in [-0.25, -0.2) is 19.0 Å². The lowest BCUT2D eigenvalue weighted by Crippen LogP contribution is -2.33. The van der Waals surface area contributed by atoms with Crippen molar-refractivity contribution >= 4 is 11.8 Å². The van der Waals surface area contributed by atoms with Crippen LogP contribution < -0.4 is 5.32 Å². The van der Waals surface area contributed by atoms with Crippen LogP contribution in [0.2, 0.25) is 0 Å². The number of hydrogen-bond donors (Lipinski definition) is 1. The standard InChI is InChI=1S/C21H21FN6O2/c1-13-23-8-7-18(26-13)21(30)24-10-14-9-19(29)27(2)20(14)15-11-25-28(12-15)17-5-3-16(22)4-6-17/h3-8,11-12,14,20H,9-10H2,1-2H3,(H,24,30)/t14-,20+/m0/s1. The molecular weight excluding hydrogens is 387 g/mol. The molecule has 0 bridgehead atoms. The van der Waals surface area contributed by atoms with Gasteiger partial charge in [-0.05, 0) is 37.3 Å². The van der Waals surface area contributed by atoms with Crippen LogP contribution in [0.5, 0.6) is 0 Å². The minimum Gasteiger partial charge on any atom is -0.350 e. The molecule has 1 fully saturated rings. The first-order valence-corrected chi connectivity index (χ1v) is 9.56. The van der Waals surface area contributed by atoms with Crippen LogP contribution in [0.15, 0.2) is 48.9 Å². The number of amides is 2. The number of hydrogen-bond acceptors (Lipinski definition) is 5. The summed E-state index contributed by atoms with van der Waals surface area (Å²) in [6.07, 6.45) is 5.39. The predicted molar refractivity (Wildman–Crippen MR) is 106 cm³/mol. The van der Waals surface area contributed by atoms with Gasteiger partial charge in [0.1, 0.15) is 17.3 Å². The first-order chi connectivity index (χ1) is 14.4. The molecule has 0 spiro atoms. The minimum atomic E-state index is -0.318. The molecule has 1 aliphatic heterocycles. The predicted octanol–water partition coefficient (Wildman–Crippen LogP) is 2.06. The summed E-state index contributed by atoms with van der Waals surface area (Å²) in [5.41, 5.74) is 1.87. The van der Waals surface area contributed by atoms with Crippen molar-refractivity contribution in [3.05, 3.63) is 71.8 Å². The van der Waals surface area contributed by atoms with Gasteiger partial charge in [-0.15, -0.1) is 0 Å². The quantitative estimate of drug-likeness (QED) is 0.698. The minimum absolute atomic E-state index is 0.00617. The van der Waals surface area contributed by atoms with E-state index in [1.54, 1.807) is 47.9 Å². The van der Waals surface area contributed by atoms with E-state index in [-0.39, 0.29) is 29.6 Å². The van der Waals surface area contributed by atoms with Gasteiger partial charge in [0, 0.05) is 43.9 Å². The third-order valence-corrected chi connectivity index (χ3v) is 5.26. The van der Waals surface area contributed by atoms with E-state index in [1.807, 2.05) is 6.20 Å². The Morgan fingerprint density at radius 3 is 2.77 bits per heavy atom. The summed E-state index contributed by atoms with van der Waals surface area (Å²) in [4.78, 5) is 34.6. The number of rotatable bonds is 5. The normalized spacial score (nSPS) is 18.6. The fourth-order valence-electron chi connectivity index (χ4n) is 3.75. The maximum Gasteiger partial charge on any atom is 0.270 e. The van der Waals surface area contributed by atoms with Gasteiger partial charge in [0.05, 0.1) is 17.9 Å². The van der Waals surface area contributed by atoms with Crippen molar-refractivity contribution in [2.24, 2.45) is 5.92 Å². The SMILES string of the molecule is Cc1nccc(C(=O)NC[C@@H]2CC(=O)N(C)[C@H]2c2cnn(-c3ccc(F)cc3)c2)n1. The Morgan fingerprint density at radius 1 is 1.27 bits per heavy atom. The Morgan fingerprint density at radius 2 is 2.03 bits per heavy atom. The van der Waals surface area contributed by atoms with E-state index < -0.39 is 0 Å². The summed E-state index contributed by atoms with van der Waals surface area (Å²) in [5.74, 6) is -0.207. The average molecular weight is 408 g/mol. The Kier molecular flexibility index (Phi) is 5.26. The van der Waals surface area contributed by atoms with Gasteiger partial charge < -0.3 is 10.2 Å². The van der Waals surface area contributed by atoms with Crippen LogP contribution in [0.4, 0.5) is 4.39 Å². The molecule has 30 heavy (non-hydrogen) atoms. The monoisotopic (exact) mass is 408 g/mol. The van der Waals surface area contributed by atoms with E-state index in [0.717, 1.165) is 11.3 Å². The maximum absolute atomic E-state index is 13.2. The van der Waals surface area contributed by atoms with E-state index in [1.165, 1.54) is 18.3 Å². The Balaban J connectivity index is 1.50. The molecule has 1 saturated heterocycles. The molecule has 9 heteroatoms. The Hall–Kier alpha value is -3.62. The number of benzene rings is 1. The zero-order chi connectivity index (χ0) is 21.3. The van der Waals surface area contributed by atoms with Gasteiger partial charge >= 0.3 is 0 Å². The number of carbonyl (C=O) groups is 2. The number of halogens is 1. The highest BCUT2D eigenvalue weighted by Crippen LogP contribution is 2.36. The van der Waals surface area contributed by atoms with Crippen LogP contribution >= 0.6 is 0 Å². The molecule has 0 radical (unpaired) electrons. The highest BCUT2D eigenvalue weighted by atomic mass is 19.1. The maximum atomic E-state index is 13.2. The van der Waals surface area contributed by atoms with Crippen LogP contribution in [0.25, 0.3) is 5.69 Å². The topological polar surface area (TPSA) is 93.0 Å². The summed E-state index contributed by atoms with van der Waals surface area (Å²) in [6.45, 7) is 2.04. The lowest BCUT2D eigenvalue weighted by atomic mass is 9.95. The second-order valence-corrected chi connectivity index (χ2v) is 7.31. The Bertz CT molecular complexity index is 1080. The van der Waals surface area contributed by atoms with Gasteiger partial charge in [-0.1, -0.05) is 0 Å². The van der Waals surface area contributed by atoms with Crippen molar-refractivity contribution in [3.63, 3.8) is 0 Å². The summed E-state index contributed by atoms with van der Waals surface area (Å²) in [6, 6.07) is 7.34. The van der Waals surface area contributed by atoms with Crippen LogP contribution in [-0.4, -0.2) is 50.1 Å². The number of aromatic nitrogens is 4. The molecule has 1 aliphatic rings. The molecule has 0 unspecified atom stereocenters. The number of nitrogens with one attached hydrogen (secondary N) is 1. The van der Waals surface area contributed by atoms with Gasteiger partial charge in [-0.3, -0.25) is 9.59 Å². The largest absolute Gasteiger partial charge is 0.350 e. The molecule has 3 heterocycles. The number of carbonyl (C=O) groups excluding carboxylic acids is 2. The van der Waals surface area contributed by atoms with E-state index in [2.05, 4.69) is 20.4 Å². The lowest BCUT2D eigenvalue weighted by molar-refractivity contribution is -0.127. The van der Waals surface area contributed by atoms with Gasteiger partial charge in [0.15, 0.2) is 0 Å². The Labute approximate surface area is 172 Å². The van der Waals surface area contributed by atoms with Crippen LogP contribution in [0.1, 0.15) is 34.3 Å². The molecule has 0 aliphatic carbocycles. The van der Waals surface area contributed by atoms with E-state index in [4.69, 9.17) is 0 Å². The first kappa shape index (κ1) is 19.7. The highest BCUT2D eigenvalue weighted by molar-refractivity contribution is 5.92. The van der Waals surface area contributed by atoms with Crippen molar-refractivity contribution in [1.82, 2.24) is 30.0 Å². The fourth-order valence-corrected chi connectivity index (χ4v) is 3.75. The highest BCUT2D eigenvalue weighted by Gasteiger charge is 2.39. The molecule has 4 rings (SSSR count). The second-order valence-electron chi connectivity index (χ2n) is 7.31. The van der Waals surface area contributed by atoms with E-state index >= 15 is 0 Å². The van der Waals surface area contributed by atoms with Crippen molar-refractivity contribution < 1.29 is 14.0 Å². The third kappa shape index (κ3) is 3.91. The average Bonchev–Trinajstić information content (AvgIpc) is 3.31. The molecule has 2 atom stereocenters. The zero-order valence-electron chi connectivity index (χ0n) is 16.6. The molecule has 0 saturated carbocycles. The van der Waals surface area contributed by atoms with Crippen molar-refractivity contribution in [1.29, 1.82) is 0 Å². The molecular formula is C21H21FN6O2. The first-order valence-electron chi connectivity index (χ1n) is 9.56. The lowest BCUT2D eigenvalue weighted by Gasteiger charge is -2.24. The van der Waals surface area contributed by atoms with Gasteiger partial charge in [0.25, 0.3) is 5.91 Å². The number of aryl methyl sites for hydroxylation is 1. The molecule has 2 amide bonds. The van der Waals surface area contributed by atoms with Gasteiger partial charge in [-0.2, -0.15) is 5.10 Å². The van der Waals surface area contributed by atoms with Crippen LogP contribution in [0.3, 0.4) is 0 Å². The summed E-state index contributed by atoms with van der Waals surface area (Å²) in [7, 11) is 1.75. The third-order valence-electron chi connectivity index (χ3n) is 5.26. The van der Waals surface area contributed by atoms with E-state index in [9.17, 15) is 14.0 Å². The van der Waals surface area contributed by atoms with Crippen molar-refractivity contribution in [2.45, 2.75) is 19.4 Å². The van der Waals surface area contributed by atoms with E-state index in [0.29, 0.717) is 24.5 Å². The smallest absolute Gasteiger partial charge is 0.270 e. The summed E-state index contributed by atoms with van der Waals surface area (Å²) < 4.78 is 14.8. The van der Waals surface area contributed by atoms with Gasteiger partial charge in [0.2, 0.25) is 5.91 Å². The molecule has 8 nitrogen and oxygen atoms in total. The molecule has 154 valence electrons. The van der Waals surface area contributed by atoms with Crippen molar-refractivity contribution in [2.75, 3.05) is 13.6 Å². The van der Waals surface area contributed by atoms with Crippen LogP contribution in [-0.2, 0) is 4.79 Å².